The van der Waals surface area contributed by atoms with Crippen molar-refractivity contribution < 1.29 is 13.2 Å². The molecule has 2 unspecified atom stereocenters. The van der Waals surface area contributed by atoms with Gasteiger partial charge in [-0.15, -0.1) is 0 Å². The Balaban J connectivity index is 1.59. The van der Waals surface area contributed by atoms with Gasteiger partial charge in [0.05, 0.1) is 12.7 Å². The van der Waals surface area contributed by atoms with Gasteiger partial charge in [0, 0.05) is 18.1 Å². The summed E-state index contributed by atoms with van der Waals surface area (Å²) < 4.78 is 25.3. The molecule has 0 aliphatic carbocycles. The Bertz CT molecular complexity index is 598. The summed E-state index contributed by atoms with van der Waals surface area (Å²) in [4.78, 5) is 12.1. The first kappa shape index (κ1) is 15.0. The molecule has 116 valence electrons. The Hall–Kier alpha value is -0.920. The second-order valence-corrected chi connectivity index (χ2v) is 8.69. The van der Waals surface area contributed by atoms with Crippen molar-refractivity contribution in [3.05, 3.63) is 22.4 Å². The van der Waals surface area contributed by atoms with Crippen molar-refractivity contribution in [2.24, 2.45) is 0 Å². The molecule has 0 spiro atoms. The molecule has 21 heavy (non-hydrogen) atoms. The number of piperidine rings is 1. The Morgan fingerprint density at radius 2 is 2.05 bits per heavy atom. The lowest BCUT2D eigenvalue weighted by atomic mass is 9.99. The lowest BCUT2D eigenvalue weighted by molar-refractivity contribution is -0.121. The molecule has 2 aliphatic rings. The van der Waals surface area contributed by atoms with E-state index in [2.05, 4.69) is 5.32 Å². The average molecular weight is 328 g/mol. The molecule has 1 amide bonds. The SMILES string of the molecule is CS(=O)(=O)N1C2CCC1CC(NC(=O)Cc1ccsc1)C2. The highest BCUT2D eigenvalue weighted by atomic mass is 32.2. The first-order chi connectivity index (χ1) is 9.93. The minimum absolute atomic E-state index is 0.0330. The molecule has 0 aromatic carbocycles. The van der Waals surface area contributed by atoms with Gasteiger partial charge in [-0.25, -0.2) is 8.42 Å². The number of sulfonamides is 1. The van der Waals surface area contributed by atoms with Crippen LogP contribution >= 0.6 is 11.3 Å². The zero-order valence-corrected chi connectivity index (χ0v) is 13.6. The van der Waals surface area contributed by atoms with Crippen LogP contribution in [-0.2, 0) is 21.2 Å². The summed E-state index contributed by atoms with van der Waals surface area (Å²) in [5, 5.41) is 7.02. The van der Waals surface area contributed by atoms with Crippen LogP contribution in [0.2, 0.25) is 0 Å². The maximum absolute atomic E-state index is 12.1. The van der Waals surface area contributed by atoms with E-state index in [0.717, 1.165) is 31.2 Å². The lowest BCUT2D eigenvalue weighted by Gasteiger charge is -2.37. The molecule has 2 fully saturated rings. The summed E-state index contributed by atoms with van der Waals surface area (Å²) >= 11 is 1.59. The molecule has 5 nitrogen and oxygen atoms in total. The van der Waals surface area contributed by atoms with Crippen molar-refractivity contribution in [2.45, 2.75) is 50.2 Å². The number of rotatable bonds is 4. The standard InChI is InChI=1S/C14H20N2O3S2/c1-21(18,19)16-12-2-3-13(16)8-11(7-12)15-14(17)6-10-4-5-20-9-10/h4-5,9,11-13H,2-3,6-8H2,1H3,(H,15,17). The quantitative estimate of drug-likeness (QED) is 0.907. The fourth-order valence-electron chi connectivity index (χ4n) is 3.65. The summed E-state index contributed by atoms with van der Waals surface area (Å²) in [7, 11) is -3.13. The van der Waals surface area contributed by atoms with Crippen molar-refractivity contribution in [3.63, 3.8) is 0 Å². The molecule has 3 rings (SSSR count). The average Bonchev–Trinajstić information content (AvgIpc) is 2.95. The maximum Gasteiger partial charge on any atom is 0.224 e. The topological polar surface area (TPSA) is 66.5 Å². The molecule has 1 N–H and O–H groups in total. The number of amides is 1. The molecule has 3 heterocycles. The molecular weight excluding hydrogens is 308 g/mol. The van der Waals surface area contributed by atoms with E-state index >= 15 is 0 Å². The lowest BCUT2D eigenvalue weighted by Crippen LogP contribution is -2.52. The number of carbonyl (C=O) groups is 1. The van der Waals surface area contributed by atoms with Crippen LogP contribution in [0.25, 0.3) is 0 Å². The molecule has 1 aromatic heterocycles. The van der Waals surface area contributed by atoms with Gasteiger partial charge in [0.2, 0.25) is 15.9 Å². The van der Waals surface area contributed by atoms with E-state index in [-0.39, 0.29) is 24.0 Å². The van der Waals surface area contributed by atoms with Gasteiger partial charge in [-0.2, -0.15) is 15.6 Å². The van der Waals surface area contributed by atoms with Gasteiger partial charge in [-0.05, 0) is 48.1 Å². The molecule has 2 bridgehead atoms. The second kappa shape index (κ2) is 5.70. The molecule has 7 heteroatoms. The second-order valence-electron chi connectivity index (χ2n) is 6.02. The Kier molecular flexibility index (Phi) is 4.07. The van der Waals surface area contributed by atoms with Crippen molar-refractivity contribution in [2.75, 3.05) is 6.26 Å². The van der Waals surface area contributed by atoms with Crippen LogP contribution in [0.4, 0.5) is 0 Å². The Labute approximate surface area is 129 Å². The van der Waals surface area contributed by atoms with Crippen LogP contribution in [0.5, 0.6) is 0 Å². The molecule has 0 saturated carbocycles. The third-order valence-electron chi connectivity index (χ3n) is 4.36. The number of hydrogen-bond donors (Lipinski definition) is 1. The minimum atomic E-state index is -3.13. The fraction of sp³-hybridized carbons (Fsp3) is 0.643. The van der Waals surface area contributed by atoms with Gasteiger partial charge in [-0.1, -0.05) is 0 Å². The highest BCUT2D eigenvalue weighted by Crippen LogP contribution is 2.37. The van der Waals surface area contributed by atoms with Gasteiger partial charge in [-0.3, -0.25) is 4.79 Å². The van der Waals surface area contributed by atoms with Crippen LogP contribution < -0.4 is 5.32 Å². The minimum Gasteiger partial charge on any atom is -0.353 e. The Morgan fingerprint density at radius 3 is 2.57 bits per heavy atom. The first-order valence-corrected chi connectivity index (χ1v) is 10.0. The highest BCUT2D eigenvalue weighted by molar-refractivity contribution is 7.88. The summed E-state index contributed by atoms with van der Waals surface area (Å²) in [5.74, 6) is 0.0330. The highest BCUT2D eigenvalue weighted by Gasteiger charge is 2.45. The molecule has 2 aliphatic heterocycles. The normalized spacial score (nSPS) is 29.5. The molecule has 2 saturated heterocycles. The number of nitrogens with zero attached hydrogens (tertiary/aromatic N) is 1. The van der Waals surface area contributed by atoms with E-state index in [4.69, 9.17) is 0 Å². The third-order valence-corrected chi connectivity index (χ3v) is 6.45. The van der Waals surface area contributed by atoms with E-state index in [1.807, 2.05) is 16.8 Å². The van der Waals surface area contributed by atoms with Gasteiger partial charge < -0.3 is 5.32 Å². The number of nitrogens with one attached hydrogen (secondary N) is 1. The van der Waals surface area contributed by atoms with Crippen molar-refractivity contribution in [1.82, 2.24) is 9.62 Å². The number of fused-ring (bicyclic) bond motifs is 2. The predicted molar refractivity (Wildman–Crippen MR) is 82.7 cm³/mol. The van der Waals surface area contributed by atoms with E-state index in [9.17, 15) is 13.2 Å². The summed E-state index contributed by atoms with van der Waals surface area (Å²) in [6, 6.07) is 2.18. The molecular formula is C14H20N2O3S2. The predicted octanol–water partition coefficient (Wildman–Crippen LogP) is 1.36. The van der Waals surface area contributed by atoms with Crippen LogP contribution in [-0.4, -0.2) is 43.0 Å². The number of thiophene rings is 1. The van der Waals surface area contributed by atoms with Crippen LogP contribution in [0.1, 0.15) is 31.2 Å². The van der Waals surface area contributed by atoms with E-state index in [0.29, 0.717) is 6.42 Å². The van der Waals surface area contributed by atoms with Crippen molar-refractivity contribution in [1.29, 1.82) is 0 Å². The fourth-order valence-corrected chi connectivity index (χ4v) is 5.79. The Morgan fingerprint density at radius 1 is 1.38 bits per heavy atom. The largest absolute Gasteiger partial charge is 0.353 e. The van der Waals surface area contributed by atoms with Crippen LogP contribution in [0, 0.1) is 0 Å². The molecule has 1 aromatic rings. The zero-order valence-electron chi connectivity index (χ0n) is 12.0. The first-order valence-electron chi connectivity index (χ1n) is 7.22. The van der Waals surface area contributed by atoms with Crippen LogP contribution in [0.3, 0.4) is 0 Å². The molecule has 2 atom stereocenters. The smallest absolute Gasteiger partial charge is 0.224 e. The number of hydrogen-bond acceptors (Lipinski definition) is 4. The van der Waals surface area contributed by atoms with Gasteiger partial charge in [0.1, 0.15) is 0 Å². The molecule has 0 radical (unpaired) electrons. The van der Waals surface area contributed by atoms with Crippen molar-refractivity contribution >= 4 is 27.3 Å². The van der Waals surface area contributed by atoms with E-state index in [1.165, 1.54) is 6.26 Å². The van der Waals surface area contributed by atoms with E-state index < -0.39 is 10.0 Å². The van der Waals surface area contributed by atoms with Gasteiger partial charge >= 0.3 is 0 Å². The third kappa shape index (κ3) is 3.30. The monoisotopic (exact) mass is 328 g/mol. The zero-order chi connectivity index (χ0) is 15.0. The number of carbonyl (C=O) groups excluding carboxylic acids is 1. The van der Waals surface area contributed by atoms with E-state index in [1.54, 1.807) is 15.6 Å². The van der Waals surface area contributed by atoms with Crippen LogP contribution in [0.15, 0.2) is 16.8 Å². The summed E-state index contributed by atoms with van der Waals surface area (Å²) in [6.45, 7) is 0. The van der Waals surface area contributed by atoms with Gasteiger partial charge in [0.15, 0.2) is 0 Å². The maximum atomic E-state index is 12.1. The van der Waals surface area contributed by atoms with Crippen molar-refractivity contribution in [3.8, 4) is 0 Å². The summed E-state index contributed by atoms with van der Waals surface area (Å²) in [5.41, 5.74) is 1.04. The summed E-state index contributed by atoms with van der Waals surface area (Å²) in [6.07, 6.45) is 4.99. The van der Waals surface area contributed by atoms with Gasteiger partial charge in [0.25, 0.3) is 0 Å².